The van der Waals surface area contributed by atoms with Crippen molar-refractivity contribution in [1.82, 2.24) is 14.7 Å². The third-order valence-corrected chi connectivity index (χ3v) is 6.13. The first kappa shape index (κ1) is 23.5. The first-order valence-corrected chi connectivity index (χ1v) is 10.6. The van der Waals surface area contributed by atoms with Gasteiger partial charge in [-0.25, -0.2) is 22.4 Å². The summed E-state index contributed by atoms with van der Waals surface area (Å²) in [6.07, 6.45) is -2.49. The van der Waals surface area contributed by atoms with Crippen LogP contribution >= 0.6 is 0 Å². The van der Waals surface area contributed by atoms with Gasteiger partial charge in [0, 0.05) is 25.9 Å². The highest BCUT2D eigenvalue weighted by molar-refractivity contribution is 5.90. The Morgan fingerprint density at radius 3 is 2.38 bits per heavy atom. The highest BCUT2D eigenvalue weighted by Crippen LogP contribution is 2.28. The number of benzene rings is 2. The largest absolute Gasteiger partial charge is 0.465 e. The number of piperazine rings is 1. The smallest absolute Gasteiger partial charge is 0.409 e. The Kier molecular flexibility index (Phi) is 6.45. The molecule has 0 saturated carbocycles. The van der Waals surface area contributed by atoms with Crippen LogP contribution in [0.2, 0.25) is 0 Å². The number of rotatable bonds is 5. The number of hydrogen-bond acceptors (Lipinski definition) is 3. The minimum atomic E-state index is -1.65. The molecule has 11 heteroatoms. The Bertz CT molecular complexity index is 1120. The zero-order chi connectivity index (χ0) is 24.6. The molecule has 1 N–H and O–H groups in total. The van der Waals surface area contributed by atoms with Crippen LogP contribution < -0.4 is 0 Å². The van der Waals surface area contributed by atoms with Gasteiger partial charge in [0.25, 0.3) is 0 Å². The molecule has 0 aliphatic carbocycles. The van der Waals surface area contributed by atoms with E-state index in [1.54, 1.807) is 6.07 Å². The second-order valence-electron chi connectivity index (χ2n) is 8.27. The lowest BCUT2D eigenvalue weighted by Gasteiger charge is -2.51. The van der Waals surface area contributed by atoms with Crippen molar-refractivity contribution in [2.24, 2.45) is 0 Å². The van der Waals surface area contributed by atoms with Crippen molar-refractivity contribution >= 4 is 17.9 Å². The summed E-state index contributed by atoms with van der Waals surface area (Å²) in [4.78, 5) is 41.5. The highest BCUT2D eigenvalue weighted by atomic mass is 19.2. The van der Waals surface area contributed by atoms with E-state index in [1.807, 2.05) is 0 Å². The lowest BCUT2D eigenvalue weighted by Crippen LogP contribution is -2.71. The van der Waals surface area contributed by atoms with Crippen LogP contribution in [0.5, 0.6) is 0 Å². The van der Waals surface area contributed by atoms with E-state index in [-0.39, 0.29) is 44.5 Å². The summed E-state index contributed by atoms with van der Waals surface area (Å²) in [5.41, 5.74) is 0.560. The van der Waals surface area contributed by atoms with Crippen LogP contribution in [-0.4, -0.2) is 69.6 Å². The van der Waals surface area contributed by atoms with Crippen molar-refractivity contribution in [3.05, 3.63) is 70.8 Å². The minimum absolute atomic E-state index is 0.0549. The number of carbonyl (C=O) groups excluding carboxylic acids is 2. The van der Waals surface area contributed by atoms with Gasteiger partial charge in [0.05, 0.1) is 6.54 Å². The van der Waals surface area contributed by atoms with Crippen LogP contribution in [0.3, 0.4) is 0 Å². The van der Waals surface area contributed by atoms with Gasteiger partial charge in [0.2, 0.25) is 11.8 Å². The maximum atomic E-state index is 13.8. The van der Waals surface area contributed by atoms with Crippen LogP contribution in [0.15, 0.2) is 36.4 Å². The average Bonchev–Trinajstić information content (AvgIpc) is 2.78. The molecule has 2 aromatic rings. The molecule has 3 amide bonds. The molecule has 2 atom stereocenters. The van der Waals surface area contributed by atoms with Gasteiger partial charge in [-0.3, -0.25) is 14.5 Å². The Labute approximate surface area is 192 Å². The summed E-state index contributed by atoms with van der Waals surface area (Å²) >= 11 is 0. The molecule has 0 aromatic heterocycles. The van der Waals surface area contributed by atoms with Crippen molar-refractivity contribution in [2.45, 2.75) is 31.5 Å². The summed E-state index contributed by atoms with van der Waals surface area (Å²) in [6, 6.07) is 6.05. The maximum Gasteiger partial charge on any atom is 0.409 e. The fourth-order valence-electron chi connectivity index (χ4n) is 4.51. The zero-order valence-corrected chi connectivity index (χ0v) is 17.9. The monoisotopic (exact) mass is 479 g/mol. The molecular formula is C23H21F4N3O4. The third kappa shape index (κ3) is 4.55. The minimum Gasteiger partial charge on any atom is -0.465 e. The first-order chi connectivity index (χ1) is 16.2. The summed E-state index contributed by atoms with van der Waals surface area (Å²) in [7, 11) is 0. The molecule has 4 rings (SSSR count). The third-order valence-electron chi connectivity index (χ3n) is 6.13. The summed E-state index contributed by atoms with van der Waals surface area (Å²) in [6.45, 7) is -0.0560. The molecule has 0 bridgehead atoms. The quantitative estimate of drug-likeness (QED) is 0.528. The number of fused-ring (bicyclic) bond motifs is 1. The molecule has 0 spiro atoms. The van der Waals surface area contributed by atoms with E-state index in [4.69, 9.17) is 0 Å². The van der Waals surface area contributed by atoms with Gasteiger partial charge in [-0.05, 0) is 41.8 Å². The number of carboxylic acid groups (broad SMARTS) is 1. The van der Waals surface area contributed by atoms with Gasteiger partial charge in [-0.2, -0.15) is 0 Å². The maximum absolute atomic E-state index is 13.8. The standard InChI is InChI=1S/C23H21F4N3O4/c24-15-3-1-2-13(8-15)4-6-28-12-19-29(23(33)34)7-5-20(31)30(19)18(22(28)32)11-14-9-16(25)21(27)17(26)10-14/h1-3,8-10,18-19H,4-7,11-12H2,(H,33,34)/t18-,19+/m0/s1. The van der Waals surface area contributed by atoms with Gasteiger partial charge in [0.15, 0.2) is 17.5 Å². The van der Waals surface area contributed by atoms with E-state index in [9.17, 15) is 37.1 Å². The summed E-state index contributed by atoms with van der Waals surface area (Å²) in [5, 5.41) is 9.64. The van der Waals surface area contributed by atoms with Gasteiger partial charge in [0.1, 0.15) is 18.0 Å². The Morgan fingerprint density at radius 2 is 1.74 bits per heavy atom. The lowest BCUT2D eigenvalue weighted by molar-refractivity contribution is -0.167. The first-order valence-electron chi connectivity index (χ1n) is 10.6. The summed E-state index contributed by atoms with van der Waals surface area (Å²) < 4.78 is 54.5. The summed E-state index contributed by atoms with van der Waals surface area (Å²) in [5.74, 6) is -5.97. The van der Waals surface area contributed by atoms with Crippen molar-refractivity contribution in [3.8, 4) is 0 Å². The van der Waals surface area contributed by atoms with E-state index in [2.05, 4.69) is 0 Å². The van der Waals surface area contributed by atoms with Crippen LogP contribution in [-0.2, 0) is 22.4 Å². The van der Waals surface area contributed by atoms with Crippen LogP contribution in [0.4, 0.5) is 22.4 Å². The van der Waals surface area contributed by atoms with Crippen LogP contribution in [0.1, 0.15) is 17.5 Å². The van der Waals surface area contributed by atoms with Crippen LogP contribution in [0.25, 0.3) is 0 Å². The highest BCUT2D eigenvalue weighted by Gasteiger charge is 2.48. The second-order valence-corrected chi connectivity index (χ2v) is 8.27. The molecule has 2 aliphatic rings. The number of amides is 3. The molecular weight excluding hydrogens is 458 g/mol. The van der Waals surface area contributed by atoms with E-state index < -0.39 is 53.4 Å². The van der Waals surface area contributed by atoms with Crippen molar-refractivity contribution in [2.75, 3.05) is 19.6 Å². The predicted molar refractivity (Wildman–Crippen MR) is 110 cm³/mol. The number of nitrogens with zero attached hydrogens (tertiary/aromatic N) is 3. The topological polar surface area (TPSA) is 81.2 Å². The van der Waals surface area contributed by atoms with Crippen molar-refractivity contribution in [1.29, 1.82) is 0 Å². The van der Waals surface area contributed by atoms with Gasteiger partial charge in [-0.1, -0.05) is 12.1 Å². The van der Waals surface area contributed by atoms with E-state index in [0.717, 1.165) is 21.9 Å². The van der Waals surface area contributed by atoms with E-state index in [1.165, 1.54) is 23.1 Å². The Balaban J connectivity index is 1.65. The van der Waals surface area contributed by atoms with Gasteiger partial charge in [-0.15, -0.1) is 0 Å². The van der Waals surface area contributed by atoms with E-state index >= 15 is 0 Å². The van der Waals surface area contributed by atoms with E-state index in [0.29, 0.717) is 5.56 Å². The molecule has 2 fully saturated rings. The Morgan fingerprint density at radius 1 is 1.03 bits per heavy atom. The molecule has 7 nitrogen and oxygen atoms in total. The van der Waals surface area contributed by atoms with Crippen molar-refractivity contribution in [3.63, 3.8) is 0 Å². The normalized spacial score (nSPS) is 20.5. The number of carbonyl (C=O) groups is 3. The molecule has 34 heavy (non-hydrogen) atoms. The fraction of sp³-hybridized carbons (Fsp3) is 0.348. The van der Waals surface area contributed by atoms with Gasteiger partial charge < -0.3 is 14.9 Å². The zero-order valence-electron chi connectivity index (χ0n) is 17.9. The molecule has 2 aromatic carbocycles. The van der Waals surface area contributed by atoms with Crippen LogP contribution in [0, 0.1) is 23.3 Å². The Hall–Kier alpha value is -3.63. The fourth-order valence-corrected chi connectivity index (χ4v) is 4.51. The van der Waals surface area contributed by atoms with Crippen molar-refractivity contribution < 1.29 is 37.1 Å². The molecule has 2 aliphatic heterocycles. The predicted octanol–water partition coefficient (Wildman–Crippen LogP) is 2.78. The average molecular weight is 479 g/mol. The molecule has 180 valence electrons. The number of hydrogen-bond donors (Lipinski definition) is 1. The molecule has 2 heterocycles. The lowest BCUT2D eigenvalue weighted by atomic mass is 9.97. The number of halogens is 4. The SMILES string of the molecule is O=C1[C@H](Cc2cc(F)c(F)c(F)c2)N2C(=O)CCN(C(=O)O)[C@H]2CN1CCc1cccc(F)c1. The molecule has 2 saturated heterocycles. The van der Waals surface area contributed by atoms with Gasteiger partial charge >= 0.3 is 6.09 Å². The molecule has 0 radical (unpaired) electrons. The second kappa shape index (κ2) is 9.32. The molecule has 0 unspecified atom stereocenters.